The number of nitrogen functional groups attached to an aromatic ring is 1. The molecule has 1 aromatic carbocycles. The first-order chi connectivity index (χ1) is 9.61. The van der Waals surface area contributed by atoms with Crippen molar-refractivity contribution in [1.82, 2.24) is 9.88 Å². The number of amides is 1. The first kappa shape index (κ1) is 14.0. The standard InChI is InChI=1S/C14H15FN4O/c1-19(9-11-4-2-3-5-12(11)15)14(20)10-6-7-13(18-16)17-8-10/h2-8H,9,16H2,1H3,(H,17,18). The fourth-order valence-electron chi connectivity index (χ4n) is 1.78. The number of hydrogen-bond donors (Lipinski definition) is 2. The number of nitrogens with one attached hydrogen (secondary N) is 1. The van der Waals surface area contributed by atoms with Gasteiger partial charge >= 0.3 is 0 Å². The van der Waals surface area contributed by atoms with Gasteiger partial charge in [0.05, 0.1) is 5.56 Å². The van der Waals surface area contributed by atoms with Crippen LogP contribution in [0.3, 0.4) is 0 Å². The number of carbonyl (C=O) groups is 1. The molecule has 0 aliphatic heterocycles. The van der Waals surface area contributed by atoms with E-state index in [2.05, 4.69) is 10.4 Å². The lowest BCUT2D eigenvalue weighted by Crippen LogP contribution is -2.26. The number of hydrogen-bond acceptors (Lipinski definition) is 4. The zero-order valence-electron chi connectivity index (χ0n) is 11.0. The number of nitrogens with two attached hydrogens (primary N) is 1. The number of halogens is 1. The Morgan fingerprint density at radius 1 is 1.35 bits per heavy atom. The molecule has 0 aliphatic carbocycles. The Kier molecular flexibility index (Phi) is 4.27. The van der Waals surface area contributed by atoms with Gasteiger partial charge in [-0.15, -0.1) is 0 Å². The Bertz CT molecular complexity index is 600. The van der Waals surface area contributed by atoms with E-state index in [-0.39, 0.29) is 18.3 Å². The van der Waals surface area contributed by atoms with Crippen LogP contribution in [0.5, 0.6) is 0 Å². The van der Waals surface area contributed by atoms with Gasteiger partial charge < -0.3 is 10.3 Å². The van der Waals surface area contributed by atoms with E-state index < -0.39 is 0 Å². The van der Waals surface area contributed by atoms with Crippen LogP contribution in [-0.2, 0) is 6.54 Å². The molecule has 0 fully saturated rings. The summed E-state index contributed by atoms with van der Waals surface area (Å²) >= 11 is 0. The molecule has 5 nitrogen and oxygen atoms in total. The predicted molar refractivity (Wildman–Crippen MR) is 74.2 cm³/mol. The molecule has 3 N–H and O–H groups in total. The minimum atomic E-state index is -0.326. The van der Waals surface area contributed by atoms with Crippen molar-refractivity contribution in [2.45, 2.75) is 6.54 Å². The highest BCUT2D eigenvalue weighted by Crippen LogP contribution is 2.12. The summed E-state index contributed by atoms with van der Waals surface area (Å²) in [5.74, 6) is 5.12. The Hall–Kier alpha value is -2.47. The molecule has 2 aromatic rings. The molecule has 0 spiro atoms. The van der Waals surface area contributed by atoms with Gasteiger partial charge in [-0.1, -0.05) is 18.2 Å². The Labute approximate surface area is 116 Å². The highest BCUT2D eigenvalue weighted by atomic mass is 19.1. The lowest BCUT2D eigenvalue weighted by molar-refractivity contribution is 0.0783. The van der Waals surface area contributed by atoms with Crippen LogP contribution in [0.2, 0.25) is 0 Å². The van der Waals surface area contributed by atoms with E-state index >= 15 is 0 Å². The minimum Gasteiger partial charge on any atom is -0.337 e. The monoisotopic (exact) mass is 274 g/mol. The van der Waals surface area contributed by atoms with Crippen LogP contribution in [0.1, 0.15) is 15.9 Å². The molecule has 2 rings (SSSR count). The number of carbonyl (C=O) groups excluding carboxylic acids is 1. The third-order valence-corrected chi connectivity index (χ3v) is 2.87. The van der Waals surface area contributed by atoms with Crippen molar-refractivity contribution in [3.63, 3.8) is 0 Å². The summed E-state index contributed by atoms with van der Waals surface area (Å²) in [5, 5.41) is 0. The SMILES string of the molecule is CN(Cc1ccccc1F)C(=O)c1ccc(NN)nc1. The zero-order valence-corrected chi connectivity index (χ0v) is 11.0. The molecule has 0 saturated heterocycles. The van der Waals surface area contributed by atoms with Gasteiger partial charge in [-0.3, -0.25) is 4.79 Å². The Morgan fingerprint density at radius 3 is 2.70 bits per heavy atom. The summed E-state index contributed by atoms with van der Waals surface area (Å²) in [6, 6.07) is 9.59. The number of nitrogens with zero attached hydrogens (tertiary/aromatic N) is 2. The highest BCUT2D eigenvalue weighted by Gasteiger charge is 2.14. The van der Waals surface area contributed by atoms with E-state index in [1.165, 1.54) is 17.2 Å². The maximum Gasteiger partial charge on any atom is 0.255 e. The molecule has 0 atom stereocenters. The average Bonchev–Trinajstić information content (AvgIpc) is 2.49. The quantitative estimate of drug-likeness (QED) is 0.658. The van der Waals surface area contributed by atoms with Crippen LogP contribution >= 0.6 is 0 Å². The number of anilines is 1. The Balaban J connectivity index is 2.10. The number of aromatic nitrogens is 1. The van der Waals surface area contributed by atoms with Crippen molar-refractivity contribution >= 4 is 11.7 Å². The lowest BCUT2D eigenvalue weighted by atomic mass is 10.2. The van der Waals surface area contributed by atoms with E-state index in [1.807, 2.05) is 0 Å². The van der Waals surface area contributed by atoms with Crippen LogP contribution in [0.4, 0.5) is 10.2 Å². The number of benzene rings is 1. The van der Waals surface area contributed by atoms with Gasteiger partial charge in [-0.2, -0.15) is 0 Å². The first-order valence-electron chi connectivity index (χ1n) is 6.03. The van der Waals surface area contributed by atoms with Crippen molar-refractivity contribution < 1.29 is 9.18 Å². The minimum absolute atomic E-state index is 0.197. The normalized spacial score (nSPS) is 10.2. The number of rotatable bonds is 4. The van der Waals surface area contributed by atoms with Gasteiger partial charge in [-0.05, 0) is 18.2 Å². The van der Waals surface area contributed by atoms with Gasteiger partial charge in [0.15, 0.2) is 0 Å². The van der Waals surface area contributed by atoms with Crippen molar-refractivity contribution in [2.24, 2.45) is 5.84 Å². The fourth-order valence-corrected chi connectivity index (χ4v) is 1.78. The third-order valence-electron chi connectivity index (χ3n) is 2.87. The molecule has 1 aromatic heterocycles. The van der Waals surface area contributed by atoms with E-state index in [9.17, 15) is 9.18 Å². The van der Waals surface area contributed by atoms with E-state index in [0.717, 1.165) is 0 Å². The lowest BCUT2D eigenvalue weighted by Gasteiger charge is -2.17. The van der Waals surface area contributed by atoms with Crippen molar-refractivity contribution in [3.05, 3.63) is 59.5 Å². The molecule has 0 aliphatic rings. The number of hydrazine groups is 1. The fraction of sp³-hybridized carbons (Fsp3) is 0.143. The second-order valence-electron chi connectivity index (χ2n) is 4.33. The molecule has 0 unspecified atom stereocenters. The van der Waals surface area contributed by atoms with Gasteiger partial charge in [0.2, 0.25) is 0 Å². The summed E-state index contributed by atoms with van der Waals surface area (Å²) in [5.41, 5.74) is 3.27. The zero-order chi connectivity index (χ0) is 14.5. The van der Waals surface area contributed by atoms with Gasteiger partial charge in [-0.25, -0.2) is 15.2 Å². The van der Waals surface area contributed by atoms with Crippen molar-refractivity contribution in [1.29, 1.82) is 0 Å². The van der Waals surface area contributed by atoms with Crippen LogP contribution in [-0.4, -0.2) is 22.8 Å². The van der Waals surface area contributed by atoms with Crippen LogP contribution < -0.4 is 11.3 Å². The van der Waals surface area contributed by atoms with E-state index in [0.29, 0.717) is 16.9 Å². The van der Waals surface area contributed by atoms with Crippen LogP contribution in [0, 0.1) is 5.82 Å². The van der Waals surface area contributed by atoms with E-state index in [1.54, 1.807) is 37.4 Å². The predicted octanol–water partition coefficient (Wildman–Crippen LogP) is 1.78. The molecule has 1 amide bonds. The summed E-state index contributed by atoms with van der Waals surface area (Å²) in [4.78, 5) is 17.6. The second-order valence-corrected chi connectivity index (χ2v) is 4.33. The maximum absolute atomic E-state index is 13.5. The van der Waals surface area contributed by atoms with Crippen LogP contribution in [0.25, 0.3) is 0 Å². The summed E-state index contributed by atoms with van der Waals surface area (Å²) in [7, 11) is 1.61. The molecular weight excluding hydrogens is 259 g/mol. The van der Waals surface area contributed by atoms with Crippen LogP contribution in [0.15, 0.2) is 42.6 Å². The van der Waals surface area contributed by atoms with Crippen molar-refractivity contribution in [2.75, 3.05) is 12.5 Å². The third kappa shape index (κ3) is 3.10. The molecular formula is C14H15FN4O. The molecule has 104 valence electrons. The maximum atomic E-state index is 13.5. The topological polar surface area (TPSA) is 71.2 Å². The molecule has 0 saturated carbocycles. The molecule has 20 heavy (non-hydrogen) atoms. The highest BCUT2D eigenvalue weighted by molar-refractivity contribution is 5.93. The molecule has 0 bridgehead atoms. The van der Waals surface area contributed by atoms with Gasteiger partial charge in [0.25, 0.3) is 5.91 Å². The Morgan fingerprint density at radius 2 is 2.10 bits per heavy atom. The summed E-state index contributed by atoms with van der Waals surface area (Å²) in [6.45, 7) is 0.197. The number of pyridine rings is 1. The van der Waals surface area contributed by atoms with E-state index in [4.69, 9.17) is 5.84 Å². The van der Waals surface area contributed by atoms with Gasteiger partial charge in [0, 0.05) is 25.4 Å². The van der Waals surface area contributed by atoms with Crippen molar-refractivity contribution in [3.8, 4) is 0 Å². The summed E-state index contributed by atoms with van der Waals surface area (Å²) < 4.78 is 13.5. The summed E-state index contributed by atoms with van der Waals surface area (Å²) in [6.07, 6.45) is 1.43. The average molecular weight is 274 g/mol. The smallest absolute Gasteiger partial charge is 0.255 e. The first-order valence-corrected chi connectivity index (χ1v) is 6.03. The molecule has 0 radical (unpaired) electrons. The molecule has 1 heterocycles. The van der Waals surface area contributed by atoms with Gasteiger partial charge in [0.1, 0.15) is 11.6 Å². The molecule has 6 heteroatoms. The largest absolute Gasteiger partial charge is 0.337 e. The second kappa shape index (κ2) is 6.12.